The summed E-state index contributed by atoms with van der Waals surface area (Å²) in [6, 6.07) is 8.75. The van der Waals surface area contributed by atoms with Crippen molar-refractivity contribution in [2.75, 3.05) is 6.61 Å². The number of hydrogen-bond donors (Lipinski definition) is 0. The number of hydrogen-bond acceptors (Lipinski definition) is 5. The molecule has 8 heteroatoms. The van der Waals surface area contributed by atoms with Gasteiger partial charge < -0.3 is 4.74 Å². The molecule has 4 aromatic rings. The Kier molecular flexibility index (Phi) is 3.93. The summed E-state index contributed by atoms with van der Waals surface area (Å²) in [7, 11) is 0. The number of nitrogens with zero attached hydrogens (tertiary/aromatic N) is 4. The van der Waals surface area contributed by atoms with Gasteiger partial charge in [0.15, 0.2) is 5.65 Å². The Labute approximate surface area is 152 Å². The number of rotatable bonds is 3. The number of esters is 1. The van der Waals surface area contributed by atoms with Crippen molar-refractivity contribution in [2.45, 2.75) is 6.92 Å². The lowest BCUT2D eigenvalue weighted by Gasteiger charge is -2.08. The minimum absolute atomic E-state index is 0.257. The number of benzene rings is 1. The predicted molar refractivity (Wildman–Crippen MR) is 97.1 cm³/mol. The monoisotopic (exact) mass is 368 g/mol. The van der Waals surface area contributed by atoms with Crippen molar-refractivity contribution in [3.63, 3.8) is 0 Å². The fourth-order valence-electron chi connectivity index (χ4n) is 2.80. The van der Waals surface area contributed by atoms with E-state index >= 15 is 0 Å². The van der Waals surface area contributed by atoms with Crippen LogP contribution in [0.5, 0.6) is 0 Å². The van der Waals surface area contributed by atoms with E-state index in [1.807, 2.05) is 0 Å². The summed E-state index contributed by atoms with van der Waals surface area (Å²) in [6.45, 7) is 1.98. The molecule has 3 heterocycles. The lowest BCUT2D eigenvalue weighted by molar-refractivity contribution is 0.0528. The molecule has 0 aliphatic rings. The minimum atomic E-state index is -0.499. The Hall–Kier alpha value is -3.19. The molecule has 0 spiro atoms. The molecule has 0 N–H and O–H groups in total. The zero-order valence-corrected chi connectivity index (χ0v) is 14.5. The Bertz CT molecular complexity index is 1210. The highest BCUT2D eigenvalue weighted by Gasteiger charge is 2.17. The van der Waals surface area contributed by atoms with E-state index in [9.17, 15) is 9.59 Å². The van der Waals surface area contributed by atoms with Crippen LogP contribution in [0.15, 0.2) is 53.7 Å². The van der Waals surface area contributed by atoms with E-state index in [1.165, 1.54) is 21.5 Å². The van der Waals surface area contributed by atoms with Crippen LogP contribution in [0.4, 0.5) is 0 Å². The van der Waals surface area contributed by atoms with Crippen LogP contribution in [0.1, 0.15) is 17.3 Å². The smallest absolute Gasteiger partial charge is 0.343 e. The predicted octanol–water partition coefficient (Wildman–Crippen LogP) is 2.86. The number of pyridine rings is 1. The molecule has 0 bridgehead atoms. The molecule has 1 aromatic carbocycles. The molecule has 0 aliphatic heterocycles. The van der Waals surface area contributed by atoms with E-state index in [0.717, 1.165) is 0 Å². The highest BCUT2D eigenvalue weighted by molar-refractivity contribution is 6.30. The summed E-state index contributed by atoms with van der Waals surface area (Å²) in [6.07, 6.45) is 4.47. The Morgan fingerprint density at radius 2 is 2.12 bits per heavy atom. The number of fused-ring (bicyclic) bond motifs is 3. The Morgan fingerprint density at radius 1 is 1.27 bits per heavy atom. The molecule has 0 radical (unpaired) electrons. The van der Waals surface area contributed by atoms with E-state index in [-0.39, 0.29) is 17.7 Å². The topological polar surface area (TPSA) is 78.5 Å². The van der Waals surface area contributed by atoms with Gasteiger partial charge in [0, 0.05) is 17.4 Å². The van der Waals surface area contributed by atoms with Gasteiger partial charge >= 0.3 is 5.97 Å². The van der Waals surface area contributed by atoms with Gasteiger partial charge in [-0.25, -0.2) is 14.3 Å². The first-order chi connectivity index (χ1) is 12.6. The van der Waals surface area contributed by atoms with Crippen LogP contribution in [0.2, 0.25) is 5.02 Å². The van der Waals surface area contributed by atoms with Crippen LogP contribution >= 0.6 is 11.6 Å². The fraction of sp³-hybridized carbons (Fsp3) is 0.111. The summed E-state index contributed by atoms with van der Waals surface area (Å²) in [4.78, 5) is 29.1. The van der Waals surface area contributed by atoms with Crippen LogP contribution in [0.3, 0.4) is 0 Å². The highest BCUT2D eigenvalue weighted by Crippen LogP contribution is 2.18. The molecule has 3 aromatic heterocycles. The largest absolute Gasteiger partial charge is 0.462 e. The van der Waals surface area contributed by atoms with Crippen molar-refractivity contribution >= 4 is 34.1 Å². The molecular weight excluding hydrogens is 356 g/mol. The van der Waals surface area contributed by atoms with Gasteiger partial charge in [-0.3, -0.25) is 9.36 Å². The molecule has 0 amide bonds. The standard InChI is InChI=1S/C18H13ClN4O3/c1-2-26-18(25)14-10-21-23-15-6-7-22(12-5-3-4-11(19)8-12)17(24)13(15)9-20-16(14)23/h3-10H,2H2,1H3. The Morgan fingerprint density at radius 3 is 2.88 bits per heavy atom. The van der Waals surface area contributed by atoms with E-state index in [0.29, 0.717) is 27.3 Å². The van der Waals surface area contributed by atoms with Crippen molar-refractivity contribution in [3.05, 3.63) is 69.9 Å². The molecule has 0 saturated heterocycles. The van der Waals surface area contributed by atoms with Crippen LogP contribution in [-0.2, 0) is 4.74 Å². The fourth-order valence-corrected chi connectivity index (χ4v) is 2.98. The Balaban J connectivity index is 1.93. The van der Waals surface area contributed by atoms with Crippen LogP contribution in [0, 0.1) is 0 Å². The van der Waals surface area contributed by atoms with E-state index < -0.39 is 5.97 Å². The maximum atomic E-state index is 12.9. The van der Waals surface area contributed by atoms with Gasteiger partial charge in [-0.05, 0) is 31.2 Å². The summed E-state index contributed by atoms with van der Waals surface area (Å²) in [5, 5.41) is 5.10. The lowest BCUT2D eigenvalue weighted by Crippen LogP contribution is -2.19. The lowest BCUT2D eigenvalue weighted by atomic mass is 10.2. The average molecular weight is 369 g/mol. The molecule has 26 heavy (non-hydrogen) atoms. The summed E-state index contributed by atoms with van der Waals surface area (Å²) in [5.41, 5.74) is 1.54. The number of carbonyl (C=O) groups is 1. The zero-order valence-electron chi connectivity index (χ0n) is 13.7. The van der Waals surface area contributed by atoms with Crippen molar-refractivity contribution in [1.29, 1.82) is 0 Å². The second kappa shape index (κ2) is 6.27. The third kappa shape index (κ3) is 2.53. The number of aromatic nitrogens is 4. The van der Waals surface area contributed by atoms with Crippen LogP contribution < -0.4 is 5.56 Å². The second-order valence-corrected chi connectivity index (χ2v) is 5.98. The number of halogens is 1. The van der Waals surface area contributed by atoms with Gasteiger partial charge in [-0.15, -0.1) is 0 Å². The molecule has 0 atom stereocenters. The van der Waals surface area contributed by atoms with Gasteiger partial charge in [0.1, 0.15) is 5.56 Å². The third-order valence-corrected chi connectivity index (χ3v) is 4.21. The number of ether oxygens (including phenoxy) is 1. The van der Waals surface area contributed by atoms with Crippen molar-refractivity contribution in [3.8, 4) is 5.69 Å². The normalized spacial score (nSPS) is 11.2. The van der Waals surface area contributed by atoms with Gasteiger partial charge in [0.05, 0.1) is 29.4 Å². The quantitative estimate of drug-likeness (QED) is 0.519. The maximum Gasteiger partial charge on any atom is 0.343 e. The first-order valence-electron chi connectivity index (χ1n) is 7.91. The molecule has 0 saturated carbocycles. The second-order valence-electron chi connectivity index (χ2n) is 5.54. The molecule has 130 valence electrons. The molecule has 0 aliphatic carbocycles. The first kappa shape index (κ1) is 16.3. The first-order valence-corrected chi connectivity index (χ1v) is 8.29. The van der Waals surface area contributed by atoms with Gasteiger partial charge in [-0.1, -0.05) is 17.7 Å². The maximum absolute atomic E-state index is 12.9. The zero-order chi connectivity index (χ0) is 18.3. The molecule has 7 nitrogen and oxygen atoms in total. The van der Waals surface area contributed by atoms with Gasteiger partial charge in [0.25, 0.3) is 5.56 Å². The molecular formula is C18H13ClN4O3. The minimum Gasteiger partial charge on any atom is -0.462 e. The third-order valence-electron chi connectivity index (χ3n) is 3.98. The van der Waals surface area contributed by atoms with Crippen molar-refractivity contribution in [2.24, 2.45) is 0 Å². The van der Waals surface area contributed by atoms with E-state index in [4.69, 9.17) is 16.3 Å². The number of carbonyl (C=O) groups excluding carboxylic acids is 1. The van der Waals surface area contributed by atoms with E-state index in [2.05, 4.69) is 10.1 Å². The molecule has 0 fully saturated rings. The van der Waals surface area contributed by atoms with Crippen LogP contribution in [0.25, 0.3) is 22.2 Å². The van der Waals surface area contributed by atoms with Gasteiger partial charge in [0.2, 0.25) is 0 Å². The summed E-state index contributed by atoms with van der Waals surface area (Å²) in [5.74, 6) is -0.499. The van der Waals surface area contributed by atoms with Crippen molar-refractivity contribution < 1.29 is 9.53 Å². The summed E-state index contributed by atoms with van der Waals surface area (Å²) >= 11 is 6.02. The molecule has 4 rings (SSSR count). The molecule has 0 unspecified atom stereocenters. The van der Waals surface area contributed by atoms with E-state index in [1.54, 1.807) is 43.5 Å². The van der Waals surface area contributed by atoms with Crippen molar-refractivity contribution in [1.82, 2.24) is 19.2 Å². The summed E-state index contributed by atoms with van der Waals surface area (Å²) < 4.78 is 7.95. The SMILES string of the molecule is CCOC(=O)c1cnn2c1ncc1c(=O)n(-c3cccc(Cl)c3)ccc12. The van der Waals surface area contributed by atoms with Crippen LogP contribution in [-0.4, -0.2) is 31.7 Å². The van der Waals surface area contributed by atoms with Gasteiger partial charge in [-0.2, -0.15) is 5.10 Å². The average Bonchev–Trinajstić information content (AvgIpc) is 3.07. The highest BCUT2D eigenvalue weighted by atomic mass is 35.5.